The predicted molar refractivity (Wildman–Crippen MR) is 84.0 cm³/mol. The fourth-order valence-corrected chi connectivity index (χ4v) is 3.18. The lowest BCUT2D eigenvalue weighted by Crippen LogP contribution is -2.68. The summed E-state index contributed by atoms with van der Waals surface area (Å²) in [5, 5.41) is 11.9. The molecule has 2 atom stereocenters. The average Bonchev–Trinajstić information content (AvgIpc) is 2.96. The molecule has 3 rings (SSSR count). The van der Waals surface area contributed by atoms with Crippen LogP contribution in [0.5, 0.6) is 0 Å². The molecule has 0 spiro atoms. The maximum atomic E-state index is 12.3. The van der Waals surface area contributed by atoms with Gasteiger partial charge in [-0.1, -0.05) is 30.3 Å². The van der Waals surface area contributed by atoms with E-state index in [0.717, 1.165) is 17.6 Å². The van der Waals surface area contributed by atoms with Crippen LogP contribution in [0.1, 0.15) is 12.0 Å². The Morgan fingerprint density at radius 3 is 2.56 bits per heavy atom. The first kappa shape index (κ1) is 16.7. The first-order valence-electron chi connectivity index (χ1n) is 7.65. The van der Waals surface area contributed by atoms with Crippen molar-refractivity contribution < 1.29 is 29.0 Å². The summed E-state index contributed by atoms with van der Waals surface area (Å²) in [5.41, 5.74) is 0.373. The average molecular weight is 344 g/mol. The number of esters is 1. The molecule has 130 valence electrons. The number of carbonyl (C=O) groups excluding carboxylic acids is 3. The molecule has 8 heteroatoms. The number of nitrogens with one attached hydrogen (secondary N) is 1. The number of nitrogens with zero attached hydrogens (tertiary/aromatic N) is 1. The summed E-state index contributed by atoms with van der Waals surface area (Å²) >= 11 is 0. The maximum absolute atomic E-state index is 12.3. The Morgan fingerprint density at radius 2 is 1.96 bits per heavy atom. The van der Waals surface area contributed by atoms with Crippen molar-refractivity contribution in [2.75, 3.05) is 7.11 Å². The van der Waals surface area contributed by atoms with Gasteiger partial charge >= 0.3 is 11.9 Å². The molecule has 0 aliphatic carbocycles. The molecule has 1 fully saturated rings. The normalized spacial score (nSPS) is 21.5. The number of amides is 2. The monoisotopic (exact) mass is 344 g/mol. The third-order valence-electron chi connectivity index (χ3n) is 4.32. The van der Waals surface area contributed by atoms with Crippen LogP contribution in [-0.2, 0) is 30.3 Å². The number of carboxylic acid groups (broad SMARTS) is 1. The zero-order chi connectivity index (χ0) is 18.1. The molecular formula is C17H16N2O6. The zero-order valence-corrected chi connectivity index (χ0v) is 13.4. The summed E-state index contributed by atoms with van der Waals surface area (Å²) in [4.78, 5) is 48.6. The second-order valence-electron chi connectivity index (χ2n) is 5.81. The third-order valence-corrected chi connectivity index (χ3v) is 4.32. The van der Waals surface area contributed by atoms with Crippen molar-refractivity contribution in [2.45, 2.75) is 24.9 Å². The van der Waals surface area contributed by atoms with Crippen LogP contribution in [0.15, 0.2) is 41.6 Å². The van der Waals surface area contributed by atoms with E-state index in [-0.39, 0.29) is 30.0 Å². The highest BCUT2D eigenvalue weighted by Crippen LogP contribution is 2.39. The highest BCUT2D eigenvalue weighted by atomic mass is 16.5. The molecule has 2 N–H and O–H groups in total. The first-order chi connectivity index (χ1) is 11.9. The van der Waals surface area contributed by atoms with Crippen LogP contribution >= 0.6 is 0 Å². The van der Waals surface area contributed by atoms with E-state index in [9.17, 15) is 24.3 Å². The minimum atomic E-state index is -1.37. The Balaban J connectivity index is 1.70. The molecule has 8 nitrogen and oxygen atoms in total. The molecule has 1 saturated heterocycles. The molecule has 2 heterocycles. The summed E-state index contributed by atoms with van der Waals surface area (Å²) in [7, 11) is 1.14. The first-order valence-corrected chi connectivity index (χ1v) is 7.65. The molecule has 2 aliphatic rings. The number of carboxylic acids is 1. The van der Waals surface area contributed by atoms with Gasteiger partial charge in [-0.15, -0.1) is 0 Å². The summed E-state index contributed by atoms with van der Waals surface area (Å²) < 4.78 is 4.58. The molecule has 0 saturated carbocycles. The maximum Gasteiger partial charge on any atom is 0.353 e. The Morgan fingerprint density at radius 1 is 1.28 bits per heavy atom. The molecule has 1 aromatic carbocycles. The largest absolute Gasteiger partial charge is 0.477 e. The van der Waals surface area contributed by atoms with Crippen LogP contribution in [-0.4, -0.2) is 53.0 Å². The number of methoxy groups -OCH3 is 1. The molecule has 2 amide bonds. The Bertz CT molecular complexity index is 786. The lowest BCUT2D eigenvalue weighted by atomic mass is 9.93. The highest BCUT2D eigenvalue weighted by Gasteiger charge is 2.57. The van der Waals surface area contributed by atoms with Gasteiger partial charge in [0.15, 0.2) is 0 Å². The number of ether oxygens (including phenoxy) is 1. The van der Waals surface area contributed by atoms with Crippen molar-refractivity contribution in [3.05, 3.63) is 47.2 Å². The van der Waals surface area contributed by atoms with Crippen molar-refractivity contribution in [1.29, 1.82) is 0 Å². The molecule has 0 aromatic heterocycles. The molecule has 1 aromatic rings. The molecule has 2 aliphatic heterocycles. The number of carbonyl (C=O) groups is 4. The van der Waals surface area contributed by atoms with Crippen molar-refractivity contribution in [3.63, 3.8) is 0 Å². The van der Waals surface area contributed by atoms with E-state index >= 15 is 0 Å². The highest BCUT2D eigenvalue weighted by molar-refractivity contribution is 6.08. The fourth-order valence-electron chi connectivity index (χ4n) is 3.18. The van der Waals surface area contributed by atoms with E-state index in [1.165, 1.54) is 0 Å². The quantitative estimate of drug-likeness (QED) is 0.567. The molecule has 0 bridgehead atoms. The molecule has 0 unspecified atom stereocenters. The van der Waals surface area contributed by atoms with Gasteiger partial charge in [-0.05, 0) is 5.56 Å². The van der Waals surface area contributed by atoms with Gasteiger partial charge in [0.25, 0.3) is 5.91 Å². The van der Waals surface area contributed by atoms with Crippen LogP contribution in [0.2, 0.25) is 0 Å². The summed E-state index contributed by atoms with van der Waals surface area (Å²) in [6, 6.07) is 7.62. The number of β-lactam (4-membered cyclic amide) rings is 1. The number of hydrogen-bond donors (Lipinski definition) is 2. The van der Waals surface area contributed by atoms with Gasteiger partial charge < -0.3 is 15.2 Å². The van der Waals surface area contributed by atoms with Gasteiger partial charge in [-0.25, -0.2) is 9.59 Å². The van der Waals surface area contributed by atoms with Gasteiger partial charge in [0.2, 0.25) is 5.91 Å². The van der Waals surface area contributed by atoms with E-state index in [0.29, 0.717) is 0 Å². The third kappa shape index (κ3) is 2.86. The van der Waals surface area contributed by atoms with Crippen molar-refractivity contribution >= 4 is 23.8 Å². The van der Waals surface area contributed by atoms with Crippen molar-refractivity contribution in [3.8, 4) is 0 Å². The van der Waals surface area contributed by atoms with Crippen LogP contribution in [0, 0.1) is 0 Å². The minimum absolute atomic E-state index is 0.0380. The Kier molecular flexibility index (Phi) is 4.26. The number of benzene rings is 1. The number of aliphatic carboxylic acids is 1. The van der Waals surface area contributed by atoms with Gasteiger partial charge in [0.05, 0.1) is 25.1 Å². The van der Waals surface area contributed by atoms with E-state index in [2.05, 4.69) is 10.1 Å². The minimum Gasteiger partial charge on any atom is -0.477 e. The summed E-state index contributed by atoms with van der Waals surface area (Å²) in [5.74, 6) is -3.03. The van der Waals surface area contributed by atoms with Crippen LogP contribution < -0.4 is 5.32 Å². The standard InChI is InChI=1S/C17H16N2O6/c1-25-17(24)10-8-11-13(15(21)19(11)14(10)16(22)23)18-12(20)7-9-5-3-2-4-6-9/h2-6,11,13H,7-8H2,1H3,(H,18,20)(H,22,23)/t11-,13+/m0/s1. The second-order valence-corrected chi connectivity index (χ2v) is 5.81. The Labute approximate surface area is 143 Å². The van der Waals surface area contributed by atoms with Gasteiger partial charge in [-0.2, -0.15) is 0 Å². The van der Waals surface area contributed by atoms with Crippen LogP contribution in [0.4, 0.5) is 0 Å². The summed E-state index contributed by atoms with van der Waals surface area (Å²) in [6.07, 6.45) is 0.150. The molecular weight excluding hydrogens is 328 g/mol. The topological polar surface area (TPSA) is 113 Å². The molecule has 0 radical (unpaired) electrons. The van der Waals surface area contributed by atoms with Gasteiger partial charge in [0, 0.05) is 6.42 Å². The van der Waals surface area contributed by atoms with E-state index in [1.807, 2.05) is 18.2 Å². The van der Waals surface area contributed by atoms with Crippen LogP contribution in [0.3, 0.4) is 0 Å². The number of rotatable bonds is 5. The van der Waals surface area contributed by atoms with E-state index in [1.54, 1.807) is 12.1 Å². The Hall–Kier alpha value is -3.16. The van der Waals surface area contributed by atoms with E-state index < -0.39 is 29.9 Å². The lowest BCUT2D eigenvalue weighted by molar-refractivity contribution is -0.152. The molecule has 25 heavy (non-hydrogen) atoms. The zero-order valence-electron chi connectivity index (χ0n) is 13.4. The SMILES string of the molecule is COC(=O)C1=C(C(=O)O)N2C(=O)[C@H](NC(=O)Cc3ccccc3)[C@@H]2C1. The fraction of sp³-hybridized carbons (Fsp3) is 0.294. The van der Waals surface area contributed by atoms with Gasteiger partial charge in [0.1, 0.15) is 11.7 Å². The van der Waals surface area contributed by atoms with Crippen molar-refractivity contribution in [2.24, 2.45) is 0 Å². The van der Waals surface area contributed by atoms with Crippen LogP contribution in [0.25, 0.3) is 0 Å². The lowest BCUT2D eigenvalue weighted by Gasteiger charge is -2.43. The number of hydrogen-bond acceptors (Lipinski definition) is 5. The second kappa shape index (κ2) is 6.39. The predicted octanol–water partition coefficient (Wildman–Crippen LogP) is -0.160. The van der Waals surface area contributed by atoms with Crippen molar-refractivity contribution in [1.82, 2.24) is 10.2 Å². The number of fused-ring (bicyclic) bond motifs is 1. The van der Waals surface area contributed by atoms with E-state index in [4.69, 9.17) is 0 Å². The smallest absolute Gasteiger partial charge is 0.353 e. The summed E-state index contributed by atoms with van der Waals surface area (Å²) in [6.45, 7) is 0. The van der Waals surface area contributed by atoms with Gasteiger partial charge in [-0.3, -0.25) is 14.5 Å².